The summed E-state index contributed by atoms with van der Waals surface area (Å²) in [4.78, 5) is 31.1. The Balaban J connectivity index is 1.51. The van der Waals surface area contributed by atoms with Crippen molar-refractivity contribution in [1.82, 2.24) is 4.90 Å². The fourth-order valence-electron chi connectivity index (χ4n) is 3.97. The van der Waals surface area contributed by atoms with E-state index < -0.39 is 6.04 Å². The SMILES string of the molecule is CCOc1ccc(NC(=O)C[C@H]2C(=O)N(c3ccccc3)C(=S)N2CCc2sccc2C)cc1. The van der Waals surface area contributed by atoms with E-state index in [2.05, 4.69) is 23.7 Å². The van der Waals surface area contributed by atoms with E-state index >= 15 is 0 Å². The molecule has 0 bridgehead atoms. The van der Waals surface area contributed by atoms with Crippen LogP contribution < -0.4 is 15.0 Å². The summed E-state index contributed by atoms with van der Waals surface area (Å²) in [7, 11) is 0. The molecule has 176 valence electrons. The number of ether oxygens (including phenoxy) is 1. The lowest BCUT2D eigenvalue weighted by atomic mass is 10.1. The van der Waals surface area contributed by atoms with E-state index in [1.54, 1.807) is 28.4 Å². The van der Waals surface area contributed by atoms with Gasteiger partial charge in [-0.05, 0) is 85.9 Å². The van der Waals surface area contributed by atoms with E-state index in [4.69, 9.17) is 17.0 Å². The normalized spacial score (nSPS) is 15.6. The molecule has 4 rings (SSSR count). The van der Waals surface area contributed by atoms with Gasteiger partial charge in [-0.15, -0.1) is 11.3 Å². The molecule has 1 atom stereocenters. The van der Waals surface area contributed by atoms with Gasteiger partial charge in [0.25, 0.3) is 5.91 Å². The van der Waals surface area contributed by atoms with Gasteiger partial charge in [0.05, 0.1) is 18.7 Å². The van der Waals surface area contributed by atoms with E-state index in [1.807, 2.05) is 54.3 Å². The number of nitrogens with one attached hydrogen (secondary N) is 1. The molecule has 2 aromatic carbocycles. The van der Waals surface area contributed by atoms with Crippen LogP contribution in [0.4, 0.5) is 11.4 Å². The predicted octanol–water partition coefficient (Wildman–Crippen LogP) is 5.03. The third-order valence-electron chi connectivity index (χ3n) is 5.71. The largest absolute Gasteiger partial charge is 0.494 e. The van der Waals surface area contributed by atoms with E-state index in [9.17, 15) is 9.59 Å². The number of hydrogen-bond acceptors (Lipinski definition) is 5. The van der Waals surface area contributed by atoms with Crippen molar-refractivity contribution in [3.63, 3.8) is 0 Å². The highest BCUT2D eigenvalue weighted by Gasteiger charge is 2.43. The summed E-state index contributed by atoms with van der Waals surface area (Å²) in [5, 5.41) is 5.39. The zero-order valence-electron chi connectivity index (χ0n) is 19.2. The number of thiophene rings is 1. The first kappa shape index (κ1) is 23.9. The van der Waals surface area contributed by atoms with Gasteiger partial charge in [-0.25, -0.2) is 0 Å². The van der Waals surface area contributed by atoms with Crippen molar-refractivity contribution in [3.8, 4) is 5.75 Å². The standard InChI is InChI=1S/C26H27N3O3S2/c1-3-32-21-11-9-19(10-12-21)27-24(30)17-22-25(31)29(20-7-5-4-6-8-20)26(33)28(22)15-13-23-18(2)14-16-34-23/h4-12,14,16,22H,3,13,15,17H2,1-2H3,(H,27,30)/t22-/m0/s1. The molecule has 0 radical (unpaired) electrons. The highest BCUT2D eigenvalue weighted by Crippen LogP contribution is 2.28. The second-order valence-corrected chi connectivity index (χ2v) is 9.35. The minimum absolute atomic E-state index is 0.0128. The molecule has 34 heavy (non-hydrogen) atoms. The van der Waals surface area contributed by atoms with Crippen molar-refractivity contribution < 1.29 is 14.3 Å². The first-order valence-corrected chi connectivity index (χ1v) is 12.5. The van der Waals surface area contributed by atoms with Gasteiger partial charge < -0.3 is 15.0 Å². The number of hydrogen-bond donors (Lipinski definition) is 1. The van der Waals surface area contributed by atoms with Crippen LogP contribution in [-0.2, 0) is 16.0 Å². The quantitative estimate of drug-likeness (QED) is 0.424. The lowest BCUT2D eigenvalue weighted by Gasteiger charge is -2.24. The molecule has 6 nitrogen and oxygen atoms in total. The van der Waals surface area contributed by atoms with Crippen molar-refractivity contribution in [1.29, 1.82) is 0 Å². The van der Waals surface area contributed by atoms with Gasteiger partial charge in [0.1, 0.15) is 11.8 Å². The number of nitrogens with zero attached hydrogens (tertiary/aromatic N) is 2. The Labute approximate surface area is 209 Å². The third kappa shape index (κ3) is 5.29. The molecular weight excluding hydrogens is 466 g/mol. The van der Waals surface area contributed by atoms with Gasteiger partial charge in [-0.2, -0.15) is 0 Å². The number of thiocarbonyl (C=S) groups is 1. The summed E-state index contributed by atoms with van der Waals surface area (Å²) in [6, 6.07) is 18.0. The first-order chi connectivity index (χ1) is 16.5. The molecule has 0 aliphatic carbocycles. The maximum atomic E-state index is 13.5. The van der Waals surface area contributed by atoms with E-state index in [0.717, 1.165) is 12.2 Å². The molecule has 1 fully saturated rings. The molecule has 0 spiro atoms. The Hall–Kier alpha value is -3.23. The smallest absolute Gasteiger partial charge is 0.256 e. The van der Waals surface area contributed by atoms with Crippen molar-refractivity contribution in [2.75, 3.05) is 23.4 Å². The molecule has 1 aliphatic rings. The maximum Gasteiger partial charge on any atom is 0.256 e. The number of amides is 2. The van der Waals surface area contributed by atoms with Gasteiger partial charge >= 0.3 is 0 Å². The highest BCUT2D eigenvalue weighted by molar-refractivity contribution is 7.80. The van der Waals surface area contributed by atoms with Crippen LogP contribution in [0.3, 0.4) is 0 Å². The second kappa shape index (κ2) is 10.8. The molecule has 2 amide bonds. The Morgan fingerprint density at radius 2 is 1.85 bits per heavy atom. The summed E-state index contributed by atoms with van der Waals surface area (Å²) < 4.78 is 5.45. The predicted molar refractivity (Wildman–Crippen MR) is 141 cm³/mol. The van der Waals surface area contributed by atoms with Crippen molar-refractivity contribution in [2.24, 2.45) is 0 Å². The molecule has 2 heterocycles. The lowest BCUT2D eigenvalue weighted by Crippen LogP contribution is -2.39. The van der Waals surface area contributed by atoms with E-state index in [1.165, 1.54) is 10.4 Å². The third-order valence-corrected chi connectivity index (χ3v) is 7.21. The minimum atomic E-state index is -0.657. The van der Waals surface area contributed by atoms with Gasteiger partial charge in [0.2, 0.25) is 5.91 Å². The molecule has 0 unspecified atom stereocenters. The van der Waals surface area contributed by atoms with Crippen LogP contribution >= 0.6 is 23.6 Å². The molecule has 1 aromatic heterocycles. The lowest BCUT2D eigenvalue weighted by molar-refractivity contribution is -0.124. The van der Waals surface area contributed by atoms with Crippen LogP contribution in [0.1, 0.15) is 23.8 Å². The molecular formula is C26H27N3O3S2. The summed E-state index contributed by atoms with van der Waals surface area (Å²) in [6.07, 6.45) is 0.773. The summed E-state index contributed by atoms with van der Waals surface area (Å²) in [6.45, 7) is 5.14. The number of carbonyl (C=O) groups is 2. The van der Waals surface area contributed by atoms with Gasteiger partial charge in [-0.1, -0.05) is 18.2 Å². The monoisotopic (exact) mass is 493 g/mol. The molecule has 8 heteroatoms. The van der Waals surface area contributed by atoms with Crippen LogP contribution in [0.2, 0.25) is 0 Å². The Bertz CT molecular complexity index is 1160. The average molecular weight is 494 g/mol. The maximum absolute atomic E-state index is 13.5. The minimum Gasteiger partial charge on any atom is -0.494 e. The molecule has 1 N–H and O–H groups in total. The second-order valence-electron chi connectivity index (χ2n) is 7.99. The number of carbonyl (C=O) groups excluding carboxylic acids is 2. The molecule has 3 aromatic rings. The number of benzene rings is 2. The van der Waals surface area contributed by atoms with Crippen LogP contribution in [0.15, 0.2) is 66.0 Å². The molecule has 1 aliphatic heterocycles. The van der Waals surface area contributed by atoms with Gasteiger partial charge in [0, 0.05) is 17.1 Å². The molecule has 0 saturated carbocycles. The van der Waals surface area contributed by atoms with Crippen molar-refractivity contribution >= 4 is 51.9 Å². The fraction of sp³-hybridized carbons (Fsp3) is 0.269. The number of rotatable bonds is 9. The van der Waals surface area contributed by atoms with Gasteiger partial charge in [-0.3, -0.25) is 14.5 Å². The van der Waals surface area contributed by atoms with Crippen LogP contribution in [0.5, 0.6) is 5.75 Å². The number of para-hydroxylation sites is 1. The number of aryl methyl sites for hydroxylation is 1. The summed E-state index contributed by atoms with van der Waals surface area (Å²) in [5.41, 5.74) is 2.59. The van der Waals surface area contributed by atoms with Crippen molar-refractivity contribution in [3.05, 3.63) is 76.5 Å². The van der Waals surface area contributed by atoms with Gasteiger partial charge in [0.15, 0.2) is 5.11 Å². The van der Waals surface area contributed by atoms with Crippen LogP contribution in [-0.4, -0.2) is 41.0 Å². The van der Waals surface area contributed by atoms with Crippen LogP contribution in [0, 0.1) is 6.92 Å². The van der Waals surface area contributed by atoms with E-state index in [0.29, 0.717) is 29.6 Å². The fourth-order valence-corrected chi connectivity index (χ4v) is 5.29. The van der Waals surface area contributed by atoms with E-state index in [-0.39, 0.29) is 18.2 Å². The summed E-state index contributed by atoms with van der Waals surface area (Å²) in [5.74, 6) is 0.323. The van der Waals surface area contributed by atoms with Crippen LogP contribution in [0.25, 0.3) is 0 Å². The Morgan fingerprint density at radius 3 is 2.50 bits per heavy atom. The zero-order valence-corrected chi connectivity index (χ0v) is 20.8. The molecule has 1 saturated heterocycles. The van der Waals surface area contributed by atoms with Crippen molar-refractivity contribution in [2.45, 2.75) is 32.7 Å². The summed E-state index contributed by atoms with van der Waals surface area (Å²) >= 11 is 7.43. The first-order valence-electron chi connectivity index (χ1n) is 11.2. The topological polar surface area (TPSA) is 61.9 Å². The Morgan fingerprint density at radius 1 is 1.12 bits per heavy atom. The average Bonchev–Trinajstić information content (AvgIpc) is 3.34. The highest BCUT2D eigenvalue weighted by atomic mass is 32.1. The Kier molecular flexibility index (Phi) is 7.59. The number of anilines is 2. The zero-order chi connectivity index (χ0) is 24.1.